The number of benzene rings is 2. The van der Waals surface area contributed by atoms with E-state index in [1.54, 1.807) is 11.0 Å². The molecule has 0 spiro atoms. The van der Waals surface area contributed by atoms with E-state index in [-0.39, 0.29) is 36.9 Å². The van der Waals surface area contributed by atoms with E-state index in [0.29, 0.717) is 12.0 Å². The molecule has 1 aliphatic rings. The summed E-state index contributed by atoms with van der Waals surface area (Å²) in [6.07, 6.45) is -3.96. The number of rotatable bonds is 6. The van der Waals surface area contributed by atoms with E-state index >= 15 is 0 Å². The summed E-state index contributed by atoms with van der Waals surface area (Å²) >= 11 is 0. The number of hydrogen-bond donors (Lipinski definition) is 0. The quantitative estimate of drug-likeness (QED) is 0.548. The number of amides is 1. The predicted octanol–water partition coefficient (Wildman–Crippen LogP) is 5.97. The summed E-state index contributed by atoms with van der Waals surface area (Å²) < 4.78 is 39.4. The highest BCUT2D eigenvalue weighted by Crippen LogP contribution is 2.30. The van der Waals surface area contributed by atoms with Crippen LogP contribution in [-0.4, -0.2) is 29.2 Å². The number of aryl methyl sites for hydroxylation is 1. The van der Waals surface area contributed by atoms with Gasteiger partial charge in [-0.15, -0.1) is 0 Å². The van der Waals surface area contributed by atoms with Crippen molar-refractivity contribution in [2.45, 2.75) is 59.4 Å². The van der Waals surface area contributed by atoms with Gasteiger partial charge in [0.15, 0.2) is 6.10 Å². The van der Waals surface area contributed by atoms with Gasteiger partial charge in [0, 0.05) is 19.4 Å². The third-order valence-corrected chi connectivity index (χ3v) is 5.20. The lowest BCUT2D eigenvalue weighted by Gasteiger charge is -2.28. The van der Waals surface area contributed by atoms with Gasteiger partial charge in [0.05, 0.1) is 17.8 Å². The van der Waals surface area contributed by atoms with E-state index in [1.165, 1.54) is 6.07 Å². The van der Waals surface area contributed by atoms with Crippen LogP contribution in [0.1, 0.15) is 55.9 Å². The van der Waals surface area contributed by atoms with Crippen LogP contribution in [0.4, 0.5) is 13.2 Å². The fourth-order valence-electron chi connectivity index (χ4n) is 3.57. The van der Waals surface area contributed by atoms with Gasteiger partial charge in [0.2, 0.25) is 5.91 Å². The fraction of sp³-hybridized carbons (Fsp3) is 0.440. The Bertz CT molecular complexity index is 976. The number of oxime groups is 1. The minimum atomic E-state index is -4.43. The lowest BCUT2D eigenvalue weighted by Crippen LogP contribution is -2.38. The molecular formula is C25H29F3N2O2. The van der Waals surface area contributed by atoms with Crippen LogP contribution in [0.2, 0.25) is 0 Å². The van der Waals surface area contributed by atoms with Crippen LogP contribution >= 0.6 is 0 Å². The number of nitrogens with zero attached hydrogens (tertiary/aromatic N) is 2. The van der Waals surface area contributed by atoms with Crippen molar-refractivity contribution in [1.29, 1.82) is 0 Å². The van der Waals surface area contributed by atoms with E-state index in [1.807, 2.05) is 52.0 Å². The van der Waals surface area contributed by atoms with E-state index < -0.39 is 11.7 Å². The van der Waals surface area contributed by atoms with Crippen molar-refractivity contribution in [2.24, 2.45) is 10.6 Å². The summed E-state index contributed by atoms with van der Waals surface area (Å²) in [5.41, 5.74) is 2.37. The molecule has 0 fully saturated rings. The maximum atomic E-state index is 13.1. The fourth-order valence-corrected chi connectivity index (χ4v) is 3.57. The molecule has 1 unspecified atom stereocenters. The maximum Gasteiger partial charge on any atom is 0.416 e. The highest BCUT2D eigenvalue weighted by Gasteiger charge is 2.32. The van der Waals surface area contributed by atoms with Crippen LogP contribution < -0.4 is 0 Å². The van der Waals surface area contributed by atoms with Crippen molar-refractivity contribution in [3.8, 4) is 0 Å². The van der Waals surface area contributed by atoms with Gasteiger partial charge in [0.25, 0.3) is 0 Å². The van der Waals surface area contributed by atoms with Crippen LogP contribution in [0.15, 0.2) is 53.7 Å². The molecule has 0 aromatic heterocycles. The molecule has 3 rings (SSSR count). The van der Waals surface area contributed by atoms with Crippen molar-refractivity contribution in [3.63, 3.8) is 0 Å². The largest absolute Gasteiger partial charge is 0.416 e. The number of carbonyl (C=O) groups is 1. The van der Waals surface area contributed by atoms with Crippen LogP contribution in [0.25, 0.3) is 0 Å². The molecule has 0 saturated heterocycles. The zero-order valence-corrected chi connectivity index (χ0v) is 18.9. The van der Waals surface area contributed by atoms with Crippen molar-refractivity contribution < 1.29 is 22.8 Å². The van der Waals surface area contributed by atoms with Crippen LogP contribution in [-0.2, 0) is 22.4 Å². The smallest absolute Gasteiger partial charge is 0.390 e. The zero-order chi connectivity index (χ0) is 23.5. The molecule has 0 radical (unpaired) electrons. The van der Waals surface area contributed by atoms with Crippen molar-refractivity contribution >= 4 is 11.6 Å². The molecule has 0 saturated carbocycles. The first-order valence-electron chi connectivity index (χ1n) is 10.6. The van der Waals surface area contributed by atoms with Gasteiger partial charge in [-0.05, 0) is 35.6 Å². The number of carbonyl (C=O) groups excluding carboxylic acids is 1. The lowest BCUT2D eigenvalue weighted by atomic mass is 9.91. The molecule has 0 aliphatic carbocycles. The minimum absolute atomic E-state index is 0.0819. The topological polar surface area (TPSA) is 41.9 Å². The maximum absolute atomic E-state index is 13.1. The van der Waals surface area contributed by atoms with Gasteiger partial charge in [-0.3, -0.25) is 4.79 Å². The Hall–Kier alpha value is -2.83. The van der Waals surface area contributed by atoms with Crippen molar-refractivity contribution in [2.75, 3.05) is 6.54 Å². The molecule has 1 heterocycles. The average Bonchev–Trinajstić information content (AvgIpc) is 3.15. The second-order valence-electron chi connectivity index (χ2n) is 9.55. The van der Waals surface area contributed by atoms with Crippen LogP contribution in [0, 0.1) is 12.3 Å². The molecule has 1 amide bonds. The van der Waals surface area contributed by atoms with Gasteiger partial charge in [0.1, 0.15) is 0 Å². The van der Waals surface area contributed by atoms with Gasteiger partial charge in [-0.25, -0.2) is 0 Å². The molecule has 2 aromatic carbocycles. The summed E-state index contributed by atoms with van der Waals surface area (Å²) in [6, 6.07) is 13.1. The highest BCUT2D eigenvalue weighted by molar-refractivity contribution is 6.01. The molecular weight excluding hydrogens is 417 g/mol. The van der Waals surface area contributed by atoms with Crippen LogP contribution in [0.3, 0.4) is 0 Å². The molecule has 4 nitrogen and oxygen atoms in total. The normalized spacial score (nSPS) is 16.5. The number of alkyl halides is 3. The molecule has 1 atom stereocenters. The molecule has 0 N–H and O–H groups in total. The van der Waals surface area contributed by atoms with E-state index in [4.69, 9.17) is 4.84 Å². The Morgan fingerprint density at radius 2 is 1.81 bits per heavy atom. The monoisotopic (exact) mass is 446 g/mol. The summed E-state index contributed by atoms with van der Waals surface area (Å²) in [5.74, 6) is -0.123. The van der Waals surface area contributed by atoms with Gasteiger partial charge >= 0.3 is 6.18 Å². The van der Waals surface area contributed by atoms with Crippen LogP contribution in [0.5, 0.6) is 0 Å². The third-order valence-electron chi connectivity index (χ3n) is 5.20. The first-order valence-corrected chi connectivity index (χ1v) is 10.6. The molecule has 1 aliphatic heterocycles. The predicted molar refractivity (Wildman–Crippen MR) is 118 cm³/mol. The third kappa shape index (κ3) is 6.58. The lowest BCUT2D eigenvalue weighted by molar-refractivity contribution is -0.137. The second-order valence-corrected chi connectivity index (χ2v) is 9.55. The first kappa shape index (κ1) is 23.8. The summed E-state index contributed by atoms with van der Waals surface area (Å²) in [7, 11) is 0. The highest BCUT2D eigenvalue weighted by atomic mass is 19.4. The standard InChI is InChI=1S/C25H29F3N2O2/c1-17-8-10-19(11-9-17)22-13-21(32-29-22)16-30(23(31)14-24(2,3)4)15-18-6-5-7-20(12-18)25(26,27)28/h5-12,21H,13-16H2,1-4H3. The van der Waals surface area contributed by atoms with E-state index in [2.05, 4.69) is 5.16 Å². The second kappa shape index (κ2) is 9.35. The average molecular weight is 447 g/mol. The van der Waals surface area contributed by atoms with Crippen molar-refractivity contribution in [1.82, 2.24) is 4.90 Å². The van der Waals surface area contributed by atoms with Gasteiger partial charge in [-0.1, -0.05) is 67.9 Å². The molecule has 2 aromatic rings. The van der Waals surface area contributed by atoms with E-state index in [0.717, 1.165) is 29.0 Å². The molecule has 0 bridgehead atoms. The van der Waals surface area contributed by atoms with E-state index in [9.17, 15) is 18.0 Å². The minimum Gasteiger partial charge on any atom is -0.390 e. The number of halogens is 3. The first-order chi connectivity index (χ1) is 14.9. The molecule has 172 valence electrons. The Balaban J connectivity index is 1.74. The Morgan fingerprint density at radius 3 is 2.44 bits per heavy atom. The van der Waals surface area contributed by atoms with Gasteiger partial charge < -0.3 is 9.74 Å². The van der Waals surface area contributed by atoms with Crippen molar-refractivity contribution in [3.05, 3.63) is 70.8 Å². The summed E-state index contributed by atoms with van der Waals surface area (Å²) in [4.78, 5) is 20.2. The summed E-state index contributed by atoms with van der Waals surface area (Å²) in [5, 5.41) is 4.19. The molecule has 7 heteroatoms. The number of hydrogen-bond acceptors (Lipinski definition) is 3. The molecule has 32 heavy (non-hydrogen) atoms. The zero-order valence-electron chi connectivity index (χ0n) is 18.9. The SMILES string of the molecule is Cc1ccc(C2=NOC(CN(Cc3cccc(C(F)(F)F)c3)C(=O)CC(C)(C)C)C2)cc1. The Labute approximate surface area is 187 Å². The summed E-state index contributed by atoms with van der Waals surface area (Å²) in [6.45, 7) is 8.21. The Kier molecular flexibility index (Phi) is 6.96. The Morgan fingerprint density at radius 1 is 1.12 bits per heavy atom. The van der Waals surface area contributed by atoms with Gasteiger partial charge in [-0.2, -0.15) is 13.2 Å².